The summed E-state index contributed by atoms with van der Waals surface area (Å²) in [4.78, 5) is 12.2. The van der Waals surface area contributed by atoms with E-state index in [1.807, 2.05) is 30.3 Å². The third kappa shape index (κ3) is 6.20. The van der Waals surface area contributed by atoms with Gasteiger partial charge in [0.1, 0.15) is 0 Å². The predicted octanol–water partition coefficient (Wildman–Crippen LogP) is 1.67. The lowest BCUT2D eigenvalue weighted by atomic mass is 9.81. The van der Waals surface area contributed by atoms with Crippen molar-refractivity contribution in [2.24, 2.45) is 5.41 Å². The Morgan fingerprint density at radius 2 is 2.00 bits per heavy atom. The fraction of sp³-hybridized carbons (Fsp3) is 0.611. The summed E-state index contributed by atoms with van der Waals surface area (Å²) >= 11 is 0. The van der Waals surface area contributed by atoms with Crippen molar-refractivity contribution < 1.29 is 9.90 Å². The molecule has 0 aromatic heterocycles. The molecule has 5 heteroatoms. The summed E-state index contributed by atoms with van der Waals surface area (Å²) < 4.78 is 0. The van der Waals surface area contributed by atoms with Crippen LogP contribution in [0.2, 0.25) is 0 Å². The van der Waals surface area contributed by atoms with Crippen LogP contribution in [0.4, 0.5) is 4.79 Å². The largest absolute Gasteiger partial charge is 0.396 e. The molecule has 1 unspecified atom stereocenters. The first-order valence-corrected chi connectivity index (χ1v) is 8.51. The highest BCUT2D eigenvalue weighted by Crippen LogP contribution is 2.26. The molecule has 0 spiro atoms. The number of carbonyl (C=O) groups is 1. The van der Waals surface area contributed by atoms with E-state index >= 15 is 0 Å². The maximum atomic E-state index is 12.2. The van der Waals surface area contributed by atoms with Crippen molar-refractivity contribution in [3.63, 3.8) is 0 Å². The summed E-state index contributed by atoms with van der Waals surface area (Å²) in [5.41, 5.74) is 1.34. The number of aliphatic hydroxyl groups is 1. The van der Waals surface area contributed by atoms with Crippen molar-refractivity contribution in [3.05, 3.63) is 35.9 Å². The van der Waals surface area contributed by atoms with E-state index in [9.17, 15) is 9.90 Å². The number of rotatable bonds is 7. The molecular weight excluding hydrogens is 290 g/mol. The van der Waals surface area contributed by atoms with E-state index in [1.54, 1.807) is 0 Å². The number of nitrogens with one attached hydrogen (secondary N) is 3. The summed E-state index contributed by atoms with van der Waals surface area (Å²) in [5, 5.41) is 18.6. The number of piperidine rings is 1. The smallest absolute Gasteiger partial charge is 0.315 e. The van der Waals surface area contributed by atoms with Gasteiger partial charge in [-0.25, -0.2) is 4.79 Å². The van der Waals surface area contributed by atoms with Crippen molar-refractivity contribution in [1.29, 1.82) is 0 Å². The normalized spacial score (nSPS) is 18.2. The van der Waals surface area contributed by atoms with Gasteiger partial charge < -0.3 is 21.1 Å². The van der Waals surface area contributed by atoms with E-state index in [1.165, 1.54) is 0 Å². The average Bonchev–Trinajstić information content (AvgIpc) is 2.55. The van der Waals surface area contributed by atoms with E-state index in [4.69, 9.17) is 0 Å². The molecule has 0 aliphatic carbocycles. The molecule has 2 rings (SSSR count). The number of hydrogen-bond acceptors (Lipinski definition) is 3. The molecule has 23 heavy (non-hydrogen) atoms. The monoisotopic (exact) mass is 319 g/mol. The van der Waals surface area contributed by atoms with Gasteiger partial charge in [-0.05, 0) is 49.8 Å². The fourth-order valence-corrected chi connectivity index (χ4v) is 3.02. The van der Waals surface area contributed by atoms with Crippen LogP contribution in [0.3, 0.4) is 0 Å². The predicted molar refractivity (Wildman–Crippen MR) is 92.4 cm³/mol. The van der Waals surface area contributed by atoms with Crippen LogP contribution in [-0.4, -0.2) is 43.4 Å². The zero-order chi connectivity index (χ0) is 16.5. The van der Waals surface area contributed by atoms with Crippen LogP contribution < -0.4 is 16.0 Å². The standard InChI is InChI=1S/C18H29N3O2/c1-18(8-10-19-11-9-18)14-20-17(23)21-16(7-12-22)13-15-5-3-2-4-6-15/h2-6,16,19,22H,7-14H2,1H3,(H2,20,21,23). The van der Waals surface area contributed by atoms with E-state index in [0.717, 1.165) is 37.9 Å². The zero-order valence-electron chi connectivity index (χ0n) is 14.0. The summed E-state index contributed by atoms with van der Waals surface area (Å²) in [5.74, 6) is 0. The molecule has 0 bridgehead atoms. The molecule has 0 saturated carbocycles. The molecular formula is C18H29N3O2. The van der Waals surface area contributed by atoms with Crippen LogP contribution in [0.15, 0.2) is 30.3 Å². The van der Waals surface area contributed by atoms with Gasteiger partial charge in [-0.1, -0.05) is 37.3 Å². The van der Waals surface area contributed by atoms with Crippen molar-refractivity contribution in [2.75, 3.05) is 26.2 Å². The molecule has 0 radical (unpaired) electrons. The van der Waals surface area contributed by atoms with Crippen LogP contribution in [-0.2, 0) is 6.42 Å². The van der Waals surface area contributed by atoms with Gasteiger partial charge in [0.2, 0.25) is 0 Å². The Balaban J connectivity index is 1.80. The molecule has 4 N–H and O–H groups in total. The number of hydrogen-bond donors (Lipinski definition) is 4. The first kappa shape index (κ1) is 17.8. The number of urea groups is 1. The fourth-order valence-electron chi connectivity index (χ4n) is 3.02. The molecule has 2 amide bonds. The Hall–Kier alpha value is -1.59. The Morgan fingerprint density at radius 3 is 2.65 bits per heavy atom. The molecule has 1 aromatic rings. The summed E-state index contributed by atoms with van der Waals surface area (Å²) in [6, 6.07) is 9.85. The van der Waals surface area contributed by atoms with Crippen molar-refractivity contribution in [2.45, 2.75) is 38.6 Å². The van der Waals surface area contributed by atoms with Crippen molar-refractivity contribution in [3.8, 4) is 0 Å². The molecule has 1 aliphatic rings. The van der Waals surface area contributed by atoms with E-state index < -0.39 is 0 Å². The van der Waals surface area contributed by atoms with Gasteiger partial charge in [0.15, 0.2) is 0 Å². The van der Waals surface area contributed by atoms with Gasteiger partial charge in [-0.15, -0.1) is 0 Å². The molecule has 128 valence electrons. The van der Waals surface area contributed by atoms with Gasteiger partial charge >= 0.3 is 6.03 Å². The average molecular weight is 319 g/mol. The molecule has 1 atom stereocenters. The number of aliphatic hydroxyl groups excluding tert-OH is 1. The second-order valence-corrected chi connectivity index (χ2v) is 6.79. The van der Waals surface area contributed by atoms with Crippen molar-refractivity contribution in [1.82, 2.24) is 16.0 Å². The van der Waals surface area contributed by atoms with Crippen molar-refractivity contribution >= 4 is 6.03 Å². The molecule has 1 heterocycles. The third-order valence-electron chi connectivity index (χ3n) is 4.62. The molecule has 1 aromatic carbocycles. The summed E-state index contributed by atoms with van der Waals surface area (Å²) in [7, 11) is 0. The number of amides is 2. The van der Waals surface area contributed by atoms with Gasteiger partial charge in [0.05, 0.1) is 0 Å². The highest BCUT2D eigenvalue weighted by atomic mass is 16.3. The Morgan fingerprint density at radius 1 is 1.30 bits per heavy atom. The highest BCUT2D eigenvalue weighted by molar-refractivity contribution is 5.74. The minimum atomic E-state index is -0.140. The van der Waals surface area contributed by atoms with Gasteiger partial charge in [-0.3, -0.25) is 0 Å². The maximum Gasteiger partial charge on any atom is 0.315 e. The van der Waals surface area contributed by atoms with E-state index in [2.05, 4.69) is 22.9 Å². The molecule has 1 saturated heterocycles. The first-order valence-electron chi connectivity index (χ1n) is 8.51. The lowest BCUT2D eigenvalue weighted by molar-refractivity contribution is 0.202. The number of carbonyl (C=O) groups excluding carboxylic acids is 1. The molecule has 1 fully saturated rings. The van der Waals surface area contributed by atoms with E-state index in [-0.39, 0.29) is 24.1 Å². The second-order valence-electron chi connectivity index (χ2n) is 6.79. The SMILES string of the molecule is CC1(CNC(=O)NC(CCO)Cc2ccccc2)CCNCC1. The summed E-state index contributed by atoms with van der Waals surface area (Å²) in [6.45, 7) is 5.02. The van der Waals surface area contributed by atoms with Gasteiger partial charge in [0.25, 0.3) is 0 Å². The quantitative estimate of drug-likeness (QED) is 0.618. The summed E-state index contributed by atoms with van der Waals surface area (Å²) in [6.07, 6.45) is 3.45. The Labute approximate surface area is 138 Å². The minimum absolute atomic E-state index is 0.0526. The van der Waals surface area contributed by atoms with Crippen LogP contribution >= 0.6 is 0 Å². The number of benzene rings is 1. The van der Waals surface area contributed by atoms with Gasteiger partial charge in [0, 0.05) is 19.2 Å². The zero-order valence-corrected chi connectivity index (χ0v) is 14.0. The van der Waals surface area contributed by atoms with Crippen LogP contribution in [0.5, 0.6) is 0 Å². The van der Waals surface area contributed by atoms with E-state index in [0.29, 0.717) is 13.0 Å². The topological polar surface area (TPSA) is 73.4 Å². The van der Waals surface area contributed by atoms with Gasteiger partial charge in [-0.2, -0.15) is 0 Å². The van der Waals surface area contributed by atoms with Crippen LogP contribution in [0.25, 0.3) is 0 Å². The van der Waals surface area contributed by atoms with Crippen LogP contribution in [0, 0.1) is 5.41 Å². The lowest BCUT2D eigenvalue weighted by Crippen LogP contribution is -2.48. The minimum Gasteiger partial charge on any atom is -0.396 e. The Bertz CT molecular complexity index is 472. The highest BCUT2D eigenvalue weighted by Gasteiger charge is 2.27. The molecule has 1 aliphatic heterocycles. The molecule has 5 nitrogen and oxygen atoms in total. The lowest BCUT2D eigenvalue weighted by Gasteiger charge is -2.34. The first-order chi connectivity index (χ1) is 11.1. The third-order valence-corrected chi connectivity index (χ3v) is 4.62. The second kappa shape index (κ2) is 8.89. The maximum absolute atomic E-state index is 12.2. The Kier molecular flexibility index (Phi) is 6.86. The van der Waals surface area contributed by atoms with Crippen LogP contribution in [0.1, 0.15) is 31.7 Å².